The Kier molecular flexibility index (Phi) is 1.10. The van der Waals surface area contributed by atoms with Crippen LogP contribution < -0.4 is 4.68 Å². The van der Waals surface area contributed by atoms with Crippen molar-refractivity contribution in [3.05, 3.63) is 30.5 Å². The van der Waals surface area contributed by atoms with Crippen molar-refractivity contribution in [2.45, 2.75) is 13.0 Å². The second-order valence-electron chi connectivity index (χ2n) is 3.06. The number of hydrogen-bond donors (Lipinski definition) is 0. The van der Waals surface area contributed by atoms with E-state index in [0.717, 1.165) is 11.4 Å². The van der Waals surface area contributed by atoms with E-state index < -0.39 is 0 Å². The average molecular weight is 174 g/mol. The fourth-order valence-corrected chi connectivity index (χ4v) is 1.68. The zero-order valence-corrected chi connectivity index (χ0v) is 7.12. The van der Waals surface area contributed by atoms with E-state index in [4.69, 9.17) is 0 Å². The highest BCUT2D eigenvalue weighted by molar-refractivity contribution is 5.31. The molecule has 5 heteroatoms. The summed E-state index contributed by atoms with van der Waals surface area (Å²) < 4.78 is 2.03. The van der Waals surface area contributed by atoms with Crippen molar-refractivity contribution in [2.24, 2.45) is 0 Å². The van der Waals surface area contributed by atoms with Crippen molar-refractivity contribution in [3.63, 3.8) is 0 Å². The minimum atomic E-state index is 0.277. The van der Waals surface area contributed by atoms with E-state index in [2.05, 4.69) is 22.0 Å². The molecule has 1 unspecified atom stereocenters. The standard InChI is InChI=1S/C8H8N5/c1-6-7-4-9-5-10-8(7)13-11-2-3-12(6)13/h2-6H,1H3/q+1. The van der Waals surface area contributed by atoms with Gasteiger partial charge in [0.25, 0.3) is 0 Å². The first-order valence-corrected chi connectivity index (χ1v) is 4.13. The monoisotopic (exact) mass is 174 g/mol. The summed E-state index contributed by atoms with van der Waals surface area (Å²) in [7, 11) is 0. The SMILES string of the molecule is CC1c2cncnc2-n2ncc[n+]21. The lowest BCUT2D eigenvalue weighted by Gasteiger charge is -1.96. The van der Waals surface area contributed by atoms with Crippen LogP contribution >= 0.6 is 0 Å². The third kappa shape index (κ3) is 0.708. The van der Waals surface area contributed by atoms with Crippen molar-refractivity contribution < 1.29 is 4.68 Å². The molecule has 0 aromatic carbocycles. The minimum Gasteiger partial charge on any atom is -0.244 e. The zero-order valence-electron chi connectivity index (χ0n) is 7.12. The molecule has 0 spiro atoms. The maximum Gasteiger partial charge on any atom is 0.227 e. The van der Waals surface area contributed by atoms with Crippen LogP contribution in [-0.2, 0) is 0 Å². The molecule has 0 saturated carbocycles. The fraction of sp³-hybridized carbons (Fsp3) is 0.250. The molecule has 0 bridgehead atoms. The summed E-state index contributed by atoms with van der Waals surface area (Å²) in [5.41, 5.74) is 1.12. The van der Waals surface area contributed by atoms with Gasteiger partial charge in [-0.05, 0) is 6.92 Å². The van der Waals surface area contributed by atoms with Gasteiger partial charge in [0, 0.05) is 16.1 Å². The van der Waals surface area contributed by atoms with Gasteiger partial charge >= 0.3 is 0 Å². The second-order valence-corrected chi connectivity index (χ2v) is 3.06. The Balaban J connectivity index is 2.37. The van der Waals surface area contributed by atoms with Crippen LogP contribution in [0, 0.1) is 0 Å². The van der Waals surface area contributed by atoms with Crippen molar-refractivity contribution in [2.75, 3.05) is 0 Å². The van der Waals surface area contributed by atoms with Gasteiger partial charge in [-0.25, -0.2) is 9.97 Å². The fourth-order valence-electron chi connectivity index (χ4n) is 1.68. The number of hydrogen-bond acceptors (Lipinski definition) is 3. The van der Waals surface area contributed by atoms with E-state index >= 15 is 0 Å². The average Bonchev–Trinajstić information content (AvgIpc) is 2.72. The van der Waals surface area contributed by atoms with Crippen LogP contribution in [0.2, 0.25) is 0 Å². The molecule has 1 aliphatic rings. The van der Waals surface area contributed by atoms with E-state index in [9.17, 15) is 0 Å². The van der Waals surface area contributed by atoms with Gasteiger partial charge in [-0.2, -0.15) is 0 Å². The molecule has 2 aromatic rings. The predicted octanol–water partition coefficient (Wildman–Crippen LogP) is -0.128. The molecule has 0 aliphatic carbocycles. The summed E-state index contributed by atoms with van der Waals surface area (Å²) in [6.07, 6.45) is 7.09. The lowest BCUT2D eigenvalue weighted by molar-refractivity contribution is -0.774. The third-order valence-corrected chi connectivity index (χ3v) is 2.37. The van der Waals surface area contributed by atoms with Crippen LogP contribution in [0.15, 0.2) is 24.9 Å². The van der Waals surface area contributed by atoms with Crippen molar-refractivity contribution in [3.8, 4) is 5.82 Å². The first-order chi connectivity index (χ1) is 6.38. The van der Waals surface area contributed by atoms with Gasteiger partial charge in [0.1, 0.15) is 12.4 Å². The lowest BCUT2D eigenvalue weighted by Crippen LogP contribution is -2.40. The van der Waals surface area contributed by atoms with Crippen molar-refractivity contribution in [1.82, 2.24) is 19.9 Å². The molecule has 5 nitrogen and oxygen atoms in total. The molecule has 3 heterocycles. The summed E-state index contributed by atoms with van der Waals surface area (Å²) in [6, 6.07) is 0.277. The van der Waals surface area contributed by atoms with Crippen LogP contribution in [0.25, 0.3) is 5.82 Å². The Bertz CT molecular complexity index is 461. The first-order valence-electron chi connectivity index (χ1n) is 4.13. The number of fused-ring (bicyclic) bond motifs is 3. The third-order valence-electron chi connectivity index (χ3n) is 2.37. The van der Waals surface area contributed by atoms with E-state index in [1.807, 2.05) is 17.1 Å². The maximum absolute atomic E-state index is 4.19. The van der Waals surface area contributed by atoms with E-state index in [0.29, 0.717) is 0 Å². The van der Waals surface area contributed by atoms with Gasteiger partial charge in [-0.15, -0.1) is 4.68 Å². The number of rotatable bonds is 0. The molecule has 64 valence electrons. The summed E-state index contributed by atoms with van der Waals surface area (Å²) in [5, 5.41) is 4.18. The molecule has 0 fully saturated rings. The Labute approximate surface area is 74.7 Å². The lowest BCUT2D eigenvalue weighted by atomic mass is 10.2. The smallest absolute Gasteiger partial charge is 0.227 e. The topological polar surface area (TPSA) is 47.5 Å². The van der Waals surface area contributed by atoms with Gasteiger partial charge in [-0.3, -0.25) is 0 Å². The molecular weight excluding hydrogens is 166 g/mol. The van der Waals surface area contributed by atoms with E-state index in [1.165, 1.54) is 0 Å². The summed E-state index contributed by atoms with van der Waals surface area (Å²) in [4.78, 5) is 9.99. The van der Waals surface area contributed by atoms with Crippen molar-refractivity contribution in [1.29, 1.82) is 0 Å². The highest BCUT2D eigenvalue weighted by atomic mass is 15.6. The molecule has 3 rings (SSSR count). The van der Waals surface area contributed by atoms with Gasteiger partial charge in [0.2, 0.25) is 12.0 Å². The highest BCUT2D eigenvalue weighted by Gasteiger charge is 2.32. The second kappa shape index (κ2) is 2.12. The summed E-state index contributed by atoms with van der Waals surface area (Å²) >= 11 is 0. The van der Waals surface area contributed by atoms with Crippen LogP contribution in [0.1, 0.15) is 18.5 Å². The normalized spacial score (nSPS) is 18.4. The summed E-state index contributed by atoms with van der Waals surface area (Å²) in [5.74, 6) is 0.882. The first kappa shape index (κ1) is 6.71. The molecule has 0 saturated heterocycles. The predicted molar refractivity (Wildman–Crippen MR) is 43.2 cm³/mol. The van der Waals surface area contributed by atoms with Gasteiger partial charge < -0.3 is 0 Å². The molecule has 0 amide bonds. The van der Waals surface area contributed by atoms with Gasteiger partial charge in [-0.1, -0.05) is 0 Å². The van der Waals surface area contributed by atoms with Crippen LogP contribution in [0.4, 0.5) is 0 Å². The molecule has 1 aliphatic heterocycles. The Hall–Kier alpha value is -1.78. The molecule has 2 aromatic heterocycles. The van der Waals surface area contributed by atoms with Gasteiger partial charge in [0.15, 0.2) is 6.20 Å². The quantitative estimate of drug-likeness (QED) is 0.523. The Morgan fingerprint density at radius 2 is 2.46 bits per heavy atom. The zero-order chi connectivity index (χ0) is 8.84. The van der Waals surface area contributed by atoms with Gasteiger partial charge in [0.05, 0.1) is 5.56 Å². The van der Waals surface area contributed by atoms with E-state index in [-0.39, 0.29) is 6.04 Å². The molecular formula is C8H8N5+. The maximum atomic E-state index is 4.19. The largest absolute Gasteiger partial charge is 0.244 e. The molecule has 0 radical (unpaired) electrons. The Morgan fingerprint density at radius 3 is 3.38 bits per heavy atom. The highest BCUT2D eigenvalue weighted by Crippen LogP contribution is 2.21. The van der Waals surface area contributed by atoms with Crippen molar-refractivity contribution >= 4 is 0 Å². The number of nitrogens with zero attached hydrogens (tertiary/aromatic N) is 5. The number of aromatic nitrogens is 5. The molecule has 0 N–H and O–H groups in total. The van der Waals surface area contributed by atoms with Crippen LogP contribution in [-0.4, -0.2) is 19.9 Å². The molecule has 1 atom stereocenters. The summed E-state index contributed by atoms with van der Waals surface area (Å²) in [6.45, 7) is 2.10. The van der Waals surface area contributed by atoms with Crippen LogP contribution in [0.3, 0.4) is 0 Å². The molecule has 13 heavy (non-hydrogen) atoms. The van der Waals surface area contributed by atoms with E-state index in [1.54, 1.807) is 17.3 Å². The van der Waals surface area contributed by atoms with Crippen LogP contribution in [0.5, 0.6) is 0 Å². The Morgan fingerprint density at radius 1 is 1.54 bits per heavy atom. The minimum absolute atomic E-state index is 0.277.